The number of aryl methyl sites for hydroxylation is 1. The third kappa shape index (κ3) is 5.82. The van der Waals surface area contributed by atoms with Gasteiger partial charge in [0.25, 0.3) is 5.91 Å². The van der Waals surface area contributed by atoms with Crippen molar-refractivity contribution < 1.29 is 14.1 Å². The van der Waals surface area contributed by atoms with Gasteiger partial charge in [-0.05, 0) is 48.4 Å². The van der Waals surface area contributed by atoms with Crippen molar-refractivity contribution in [2.45, 2.75) is 32.7 Å². The number of ether oxygens (including phenoxy) is 1. The zero-order valence-corrected chi connectivity index (χ0v) is 16.4. The molecule has 0 bridgehead atoms. The van der Waals surface area contributed by atoms with Crippen LogP contribution in [-0.4, -0.2) is 22.7 Å². The van der Waals surface area contributed by atoms with E-state index in [0.717, 1.165) is 30.4 Å². The highest BCUT2D eigenvalue weighted by atomic mass is 35.5. The maximum atomic E-state index is 12.0. The second-order valence-electron chi connectivity index (χ2n) is 6.33. The standard InChI is InChI=1S/C21H22ClN3O3/c1-2-3-7-20-24-21(25-28-20)16-8-10-18(11-9-16)27-14-19(26)23-13-15-5-4-6-17(22)12-15/h4-6,8-12H,2-3,7,13-14H2,1H3,(H,23,26). The van der Waals surface area contributed by atoms with Crippen molar-refractivity contribution in [1.82, 2.24) is 15.5 Å². The van der Waals surface area contributed by atoms with Gasteiger partial charge in [0.15, 0.2) is 6.61 Å². The summed E-state index contributed by atoms with van der Waals surface area (Å²) in [6, 6.07) is 14.6. The van der Waals surface area contributed by atoms with Crippen molar-refractivity contribution in [1.29, 1.82) is 0 Å². The zero-order chi connectivity index (χ0) is 19.8. The lowest BCUT2D eigenvalue weighted by atomic mass is 10.2. The second kappa shape index (κ2) is 9.90. The third-order valence-electron chi connectivity index (χ3n) is 4.07. The number of unbranched alkanes of at least 4 members (excludes halogenated alkanes) is 1. The molecule has 1 aromatic heterocycles. The number of benzene rings is 2. The molecule has 0 saturated heterocycles. The molecular formula is C21H22ClN3O3. The van der Waals surface area contributed by atoms with E-state index in [2.05, 4.69) is 22.4 Å². The van der Waals surface area contributed by atoms with Crippen LogP contribution < -0.4 is 10.1 Å². The van der Waals surface area contributed by atoms with Gasteiger partial charge in [0.2, 0.25) is 11.7 Å². The molecular weight excluding hydrogens is 378 g/mol. The summed E-state index contributed by atoms with van der Waals surface area (Å²) in [7, 11) is 0. The molecule has 0 spiro atoms. The number of nitrogens with zero attached hydrogens (tertiary/aromatic N) is 2. The summed E-state index contributed by atoms with van der Waals surface area (Å²) >= 11 is 5.93. The zero-order valence-electron chi connectivity index (χ0n) is 15.7. The smallest absolute Gasteiger partial charge is 0.258 e. The molecule has 3 aromatic rings. The van der Waals surface area contributed by atoms with Crippen molar-refractivity contribution in [2.75, 3.05) is 6.61 Å². The Morgan fingerprint density at radius 3 is 2.79 bits per heavy atom. The average Bonchev–Trinajstić information content (AvgIpc) is 3.18. The Kier molecular flexibility index (Phi) is 7.03. The SMILES string of the molecule is CCCCc1nc(-c2ccc(OCC(=O)NCc3cccc(Cl)c3)cc2)no1. The summed E-state index contributed by atoms with van der Waals surface area (Å²) in [5.41, 5.74) is 1.77. The summed E-state index contributed by atoms with van der Waals surface area (Å²) in [4.78, 5) is 16.3. The van der Waals surface area contributed by atoms with Crippen LogP contribution in [0, 0.1) is 0 Å². The molecule has 0 atom stereocenters. The predicted octanol–water partition coefficient (Wildman–Crippen LogP) is 4.43. The van der Waals surface area contributed by atoms with Crippen LogP contribution in [-0.2, 0) is 17.8 Å². The lowest BCUT2D eigenvalue weighted by molar-refractivity contribution is -0.123. The number of carbonyl (C=O) groups is 1. The van der Waals surface area contributed by atoms with Gasteiger partial charge in [-0.2, -0.15) is 4.98 Å². The summed E-state index contributed by atoms with van der Waals surface area (Å²) < 4.78 is 10.8. The first-order chi connectivity index (χ1) is 13.6. The first-order valence-corrected chi connectivity index (χ1v) is 9.59. The molecule has 7 heteroatoms. The van der Waals surface area contributed by atoms with Gasteiger partial charge in [0.1, 0.15) is 5.75 Å². The van der Waals surface area contributed by atoms with Crippen molar-refractivity contribution in [3.63, 3.8) is 0 Å². The van der Waals surface area contributed by atoms with Crippen LogP contribution in [0.5, 0.6) is 5.75 Å². The Balaban J connectivity index is 1.47. The predicted molar refractivity (Wildman–Crippen MR) is 107 cm³/mol. The summed E-state index contributed by atoms with van der Waals surface area (Å²) in [6.45, 7) is 2.46. The molecule has 0 radical (unpaired) electrons. The van der Waals surface area contributed by atoms with E-state index >= 15 is 0 Å². The highest BCUT2D eigenvalue weighted by molar-refractivity contribution is 6.30. The molecule has 1 heterocycles. The van der Waals surface area contributed by atoms with Crippen LogP contribution in [0.25, 0.3) is 11.4 Å². The number of hydrogen-bond donors (Lipinski definition) is 1. The number of nitrogens with one attached hydrogen (secondary N) is 1. The molecule has 0 unspecified atom stereocenters. The summed E-state index contributed by atoms with van der Waals surface area (Å²) in [6.07, 6.45) is 2.89. The minimum absolute atomic E-state index is 0.0662. The minimum Gasteiger partial charge on any atom is -0.484 e. The van der Waals surface area contributed by atoms with Gasteiger partial charge < -0.3 is 14.6 Å². The molecule has 0 saturated carbocycles. The molecule has 1 amide bonds. The highest BCUT2D eigenvalue weighted by Crippen LogP contribution is 2.20. The largest absolute Gasteiger partial charge is 0.484 e. The first-order valence-electron chi connectivity index (χ1n) is 9.21. The van der Waals surface area contributed by atoms with E-state index in [-0.39, 0.29) is 12.5 Å². The van der Waals surface area contributed by atoms with Crippen LogP contribution in [0.1, 0.15) is 31.2 Å². The maximum Gasteiger partial charge on any atom is 0.258 e. The van der Waals surface area contributed by atoms with Crippen LogP contribution >= 0.6 is 11.6 Å². The molecule has 1 N–H and O–H groups in total. The average molecular weight is 400 g/mol. The number of aromatic nitrogens is 2. The van der Waals surface area contributed by atoms with Crippen molar-refractivity contribution in [2.24, 2.45) is 0 Å². The van der Waals surface area contributed by atoms with E-state index in [4.69, 9.17) is 20.9 Å². The number of halogens is 1. The summed E-state index contributed by atoms with van der Waals surface area (Å²) in [5.74, 6) is 1.59. The second-order valence-corrected chi connectivity index (χ2v) is 6.77. The van der Waals surface area contributed by atoms with Crippen molar-refractivity contribution in [3.8, 4) is 17.1 Å². The third-order valence-corrected chi connectivity index (χ3v) is 4.31. The fourth-order valence-corrected chi connectivity index (χ4v) is 2.76. The Bertz CT molecular complexity index is 909. The molecule has 6 nitrogen and oxygen atoms in total. The van der Waals surface area contributed by atoms with Crippen LogP contribution in [0.15, 0.2) is 53.1 Å². The van der Waals surface area contributed by atoms with Crippen molar-refractivity contribution in [3.05, 3.63) is 65.0 Å². The Morgan fingerprint density at radius 2 is 2.04 bits per heavy atom. The molecule has 0 aliphatic rings. The molecule has 2 aromatic carbocycles. The molecule has 0 aliphatic carbocycles. The monoisotopic (exact) mass is 399 g/mol. The quantitative estimate of drug-likeness (QED) is 0.576. The summed E-state index contributed by atoms with van der Waals surface area (Å²) in [5, 5.41) is 7.44. The number of carbonyl (C=O) groups excluding carboxylic acids is 1. The molecule has 0 fully saturated rings. The number of amides is 1. The van der Waals surface area contributed by atoms with Gasteiger partial charge in [-0.25, -0.2) is 0 Å². The van der Waals surface area contributed by atoms with Gasteiger partial charge in [0, 0.05) is 23.6 Å². The van der Waals surface area contributed by atoms with E-state index in [1.54, 1.807) is 18.2 Å². The van der Waals surface area contributed by atoms with Gasteiger partial charge in [-0.15, -0.1) is 0 Å². The lowest BCUT2D eigenvalue weighted by Crippen LogP contribution is -2.28. The number of rotatable bonds is 9. The van der Waals surface area contributed by atoms with E-state index < -0.39 is 0 Å². The van der Waals surface area contributed by atoms with E-state index in [1.165, 1.54) is 0 Å². The number of hydrogen-bond acceptors (Lipinski definition) is 5. The fourth-order valence-electron chi connectivity index (χ4n) is 2.55. The van der Waals surface area contributed by atoms with Gasteiger partial charge in [-0.1, -0.05) is 42.2 Å². The van der Waals surface area contributed by atoms with Gasteiger partial charge in [0.05, 0.1) is 0 Å². The van der Waals surface area contributed by atoms with E-state index in [1.807, 2.05) is 30.3 Å². The Hall–Kier alpha value is -2.86. The highest BCUT2D eigenvalue weighted by Gasteiger charge is 2.09. The van der Waals surface area contributed by atoms with Gasteiger partial charge in [-0.3, -0.25) is 4.79 Å². The van der Waals surface area contributed by atoms with Crippen LogP contribution in [0.2, 0.25) is 5.02 Å². The van der Waals surface area contributed by atoms with E-state index in [9.17, 15) is 4.79 Å². The van der Waals surface area contributed by atoms with Crippen LogP contribution in [0.4, 0.5) is 0 Å². The molecule has 146 valence electrons. The Morgan fingerprint density at radius 1 is 1.21 bits per heavy atom. The van der Waals surface area contributed by atoms with Crippen LogP contribution in [0.3, 0.4) is 0 Å². The topological polar surface area (TPSA) is 77.2 Å². The molecule has 28 heavy (non-hydrogen) atoms. The van der Waals surface area contributed by atoms with Gasteiger partial charge >= 0.3 is 0 Å². The minimum atomic E-state index is -0.206. The van der Waals surface area contributed by atoms with E-state index in [0.29, 0.717) is 29.0 Å². The normalized spacial score (nSPS) is 10.6. The van der Waals surface area contributed by atoms with Crippen molar-refractivity contribution >= 4 is 17.5 Å². The molecule has 0 aliphatic heterocycles. The lowest BCUT2D eigenvalue weighted by Gasteiger charge is -2.08. The molecule has 3 rings (SSSR count). The fraction of sp³-hybridized carbons (Fsp3) is 0.286. The maximum absolute atomic E-state index is 12.0. The first kappa shape index (κ1) is 19.9. The Labute approximate surface area is 168 Å².